The average molecular weight is 353 g/mol. The van der Waals surface area contributed by atoms with Crippen molar-refractivity contribution in [3.63, 3.8) is 0 Å². The van der Waals surface area contributed by atoms with Gasteiger partial charge >= 0.3 is 5.97 Å². The summed E-state index contributed by atoms with van der Waals surface area (Å²) in [4.78, 5) is 23.4. The first-order chi connectivity index (χ1) is 11.4. The Balaban J connectivity index is 2.76. The summed E-state index contributed by atoms with van der Waals surface area (Å²) in [5.41, 5.74) is 3.19. The van der Waals surface area contributed by atoms with Crippen LogP contribution in [-0.2, 0) is 33.6 Å². The van der Waals surface area contributed by atoms with E-state index in [4.69, 9.17) is 16.3 Å². The summed E-state index contributed by atoms with van der Waals surface area (Å²) in [7, 11) is 1.59. The minimum atomic E-state index is -0.295. The molecule has 0 aliphatic heterocycles. The Kier molecular flexibility index (Phi) is 8.47. The van der Waals surface area contributed by atoms with E-state index >= 15 is 0 Å². The lowest BCUT2D eigenvalue weighted by Gasteiger charge is -2.16. The molecule has 0 bridgehead atoms. The number of benzene rings is 1. The summed E-state index contributed by atoms with van der Waals surface area (Å²) >= 11 is 6.14. The SMILES string of the molecule is CCC(=O)OCC=NN(C)C(=O)Cc1c(CC)cc(Cl)cc1CC. The molecule has 1 amide bonds. The minimum absolute atomic E-state index is 0.0612. The quantitative estimate of drug-likeness (QED) is 0.409. The monoisotopic (exact) mass is 352 g/mol. The summed E-state index contributed by atoms with van der Waals surface area (Å²) in [5.74, 6) is -0.420. The third-order valence-corrected chi connectivity index (χ3v) is 3.93. The first-order valence-corrected chi connectivity index (χ1v) is 8.55. The molecular formula is C18H25ClN2O3. The molecule has 0 N–H and O–H groups in total. The minimum Gasteiger partial charge on any atom is -0.460 e. The van der Waals surface area contributed by atoms with E-state index in [9.17, 15) is 9.59 Å². The Morgan fingerprint density at radius 2 is 1.79 bits per heavy atom. The molecule has 1 aromatic carbocycles. The molecule has 132 valence electrons. The summed E-state index contributed by atoms with van der Waals surface area (Å²) in [5, 5.41) is 5.98. The third kappa shape index (κ3) is 5.96. The van der Waals surface area contributed by atoms with E-state index in [-0.39, 0.29) is 24.9 Å². The summed E-state index contributed by atoms with van der Waals surface area (Å²) in [6.45, 7) is 5.87. The summed E-state index contributed by atoms with van der Waals surface area (Å²) in [6, 6.07) is 3.83. The lowest BCUT2D eigenvalue weighted by atomic mass is 9.95. The van der Waals surface area contributed by atoms with E-state index in [1.54, 1.807) is 14.0 Å². The number of hydrazone groups is 1. The highest BCUT2D eigenvalue weighted by atomic mass is 35.5. The molecule has 0 fully saturated rings. The van der Waals surface area contributed by atoms with Crippen molar-refractivity contribution in [2.45, 2.75) is 46.5 Å². The van der Waals surface area contributed by atoms with Gasteiger partial charge in [0, 0.05) is 18.5 Å². The van der Waals surface area contributed by atoms with Gasteiger partial charge in [-0.3, -0.25) is 9.59 Å². The molecule has 0 atom stereocenters. The Bertz CT molecular complexity index is 589. The van der Waals surface area contributed by atoms with Crippen molar-refractivity contribution in [2.75, 3.05) is 13.7 Å². The highest BCUT2D eigenvalue weighted by Crippen LogP contribution is 2.23. The second-order valence-electron chi connectivity index (χ2n) is 5.34. The first kappa shape index (κ1) is 20.2. The van der Waals surface area contributed by atoms with Gasteiger partial charge in [-0.25, -0.2) is 5.01 Å². The lowest BCUT2D eigenvalue weighted by molar-refractivity contribution is -0.141. The van der Waals surface area contributed by atoms with E-state index < -0.39 is 0 Å². The van der Waals surface area contributed by atoms with Crippen molar-refractivity contribution in [1.82, 2.24) is 5.01 Å². The Morgan fingerprint density at radius 1 is 1.21 bits per heavy atom. The maximum atomic E-state index is 12.4. The van der Waals surface area contributed by atoms with Crippen molar-refractivity contribution in [3.8, 4) is 0 Å². The lowest BCUT2D eigenvalue weighted by Crippen LogP contribution is -2.24. The maximum Gasteiger partial charge on any atom is 0.305 e. The molecule has 0 radical (unpaired) electrons. The molecule has 1 rings (SSSR count). The van der Waals surface area contributed by atoms with Crippen LogP contribution in [0, 0.1) is 0 Å². The smallest absolute Gasteiger partial charge is 0.305 e. The standard InChI is InChI=1S/C18H25ClN2O3/c1-5-13-10-15(19)11-14(6-2)16(13)12-17(22)21(4)20-8-9-24-18(23)7-3/h8,10-11H,5-7,9,12H2,1-4H3. The molecule has 0 aliphatic rings. The zero-order valence-corrected chi connectivity index (χ0v) is 15.5. The van der Waals surface area contributed by atoms with Crippen LogP contribution in [0.2, 0.25) is 5.02 Å². The Labute approximate surface area is 148 Å². The zero-order chi connectivity index (χ0) is 18.1. The second-order valence-corrected chi connectivity index (χ2v) is 5.77. The van der Waals surface area contributed by atoms with E-state index in [2.05, 4.69) is 5.10 Å². The number of halogens is 1. The second kappa shape index (κ2) is 10.1. The highest BCUT2D eigenvalue weighted by Gasteiger charge is 2.15. The van der Waals surface area contributed by atoms with Gasteiger partial charge in [0.15, 0.2) is 0 Å². The van der Waals surface area contributed by atoms with Gasteiger partial charge in [-0.1, -0.05) is 32.4 Å². The maximum absolute atomic E-state index is 12.4. The van der Waals surface area contributed by atoms with E-state index in [0.29, 0.717) is 11.4 Å². The number of amides is 1. The average Bonchev–Trinajstić information content (AvgIpc) is 2.58. The molecule has 5 nitrogen and oxygen atoms in total. The topological polar surface area (TPSA) is 59.0 Å². The fourth-order valence-electron chi connectivity index (χ4n) is 2.33. The molecule has 0 aromatic heterocycles. The van der Waals surface area contributed by atoms with E-state index in [1.165, 1.54) is 11.2 Å². The van der Waals surface area contributed by atoms with E-state index in [0.717, 1.165) is 29.5 Å². The fraction of sp³-hybridized carbons (Fsp3) is 0.500. The summed E-state index contributed by atoms with van der Waals surface area (Å²) < 4.78 is 4.88. The third-order valence-electron chi connectivity index (χ3n) is 3.71. The van der Waals surface area contributed by atoms with Gasteiger partial charge in [0.2, 0.25) is 5.91 Å². The van der Waals surface area contributed by atoms with Crippen molar-refractivity contribution in [1.29, 1.82) is 0 Å². The van der Waals surface area contributed by atoms with Gasteiger partial charge in [-0.05, 0) is 41.7 Å². The fourth-order valence-corrected chi connectivity index (χ4v) is 2.59. The molecular weight excluding hydrogens is 328 g/mol. The zero-order valence-electron chi connectivity index (χ0n) is 14.8. The Morgan fingerprint density at radius 3 is 2.29 bits per heavy atom. The molecule has 0 spiro atoms. The van der Waals surface area contributed by atoms with Crippen molar-refractivity contribution in [3.05, 3.63) is 33.8 Å². The van der Waals surface area contributed by atoms with Crippen LogP contribution in [0.1, 0.15) is 43.9 Å². The molecule has 0 unspecified atom stereocenters. The molecule has 0 heterocycles. The van der Waals surface area contributed by atoms with Crippen LogP contribution < -0.4 is 0 Å². The van der Waals surface area contributed by atoms with Crippen LogP contribution >= 0.6 is 11.6 Å². The molecule has 0 aliphatic carbocycles. The molecule has 0 saturated heterocycles. The van der Waals surface area contributed by atoms with Gasteiger partial charge in [-0.2, -0.15) is 5.10 Å². The van der Waals surface area contributed by atoms with Crippen LogP contribution in [0.15, 0.2) is 17.2 Å². The van der Waals surface area contributed by atoms with Gasteiger partial charge < -0.3 is 4.74 Å². The predicted octanol–water partition coefficient (Wildman–Crippen LogP) is 3.40. The number of hydrogen-bond donors (Lipinski definition) is 0. The molecule has 1 aromatic rings. The number of hydrogen-bond acceptors (Lipinski definition) is 4. The number of esters is 1. The number of nitrogens with zero attached hydrogens (tertiary/aromatic N) is 2. The molecule has 0 saturated carbocycles. The highest BCUT2D eigenvalue weighted by molar-refractivity contribution is 6.30. The summed E-state index contributed by atoms with van der Waals surface area (Å²) in [6.07, 6.45) is 3.63. The van der Waals surface area contributed by atoms with Crippen molar-refractivity contribution >= 4 is 29.7 Å². The number of carbonyl (C=O) groups is 2. The molecule has 24 heavy (non-hydrogen) atoms. The van der Waals surface area contributed by atoms with Crippen LogP contribution in [0.5, 0.6) is 0 Å². The number of aryl methyl sites for hydroxylation is 2. The van der Waals surface area contributed by atoms with Gasteiger partial charge in [0.1, 0.15) is 6.61 Å². The normalized spacial score (nSPS) is 10.9. The predicted molar refractivity (Wildman–Crippen MR) is 96.4 cm³/mol. The number of likely N-dealkylation sites (N-methyl/N-ethyl adjacent to an activating group) is 1. The number of rotatable bonds is 8. The largest absolute Gasteiger partial charge is 0.460 e. The van der Waals surface area contributed by atoms with Crippen molar-refractivity contribution in [2.24, 2.45) is 5.10 Å². The van der Waals surface area contributed by atoms with Gasteiger partial charge in [0.05, 0.1) is 12.6 Å². The van der Waals surface area contributed by atoms with Crippen molar-refractivity contribution < 1.29 is 14.3 Å². The number of carbonyl (C=O) groups excluding carboxylic acids is 2. The van der Waals surface area contributed by atoms with Gasteiger partial charge in [-0.15, -0.1) is 0 Å². The van der Waals surface area contributed by atoms with Crippen LogP contribution in [-0.4, -0.2) is 36.8 Å². The van der Waals surface area contributed by atoms with Gasteiger partial charge in [0.25, 0.3) is 0 Å². The van der Waals surface area contributed by atoms with E-state index in [1.807, 2.05) is 26.0 Å². The van der Waals surface area contributed by atoms with Crippen LogP contribution in [0.4, 0.5) is 0 Å². The number of ether oxygens (including phenoxy) is 1. The Hall–Kier alpha value is -1.88. The molecule has 6 heteroatoms. The first-order valence-electron chi connectivity index (χ1n) is 8.17. The van der Waals surface area contributed by atoms with Crippen LogP contribution in [0.25, 0.3) is 0 Å². The van der Waals surface area contributed by atoms with Crippen LogP contribution in [0.3, 0.4) is 0 Å².